The second-order valence-corrected chi connectivity index (χ2v) is 6.47. The number of rotatable bonds is 4. The van der Waals surface area contributed by atoms with Crippen molar-refractivity contribution in [3.8, 4) is 28.4 Å². The van der Waals surface area contributed by atoms with Crippen molar-refractivity contribution in [2.24, 2.45) is 0 Å². The molecule has 4 rings (SSSR count). The minimum absolute atomic E-state index is 0.179. The Bertz CT molecular complexity index is 1000. The van der Waals surface area contributed by atoms with Crippen LogP contribution in [0.3, 0.4) is 0 Å². The molecule has 0 fully saturated rings. The molecule has 2 aromatic rings. The number of carbonyl (C=O) groups excluding carboxylic acids is 2. The van der Waals surface area contributed by atoms with Crippen LogP contribution in [-0.4, -0.2) is 32.4 Å². The highest BCUT2D eigenvalue weighted by Crippen LogP contribution is 2.49. The number of ether oxygens (including phenoxy) is 3. The molecule has 2 aliphatic rings. The lowest BCUT2D eigenvalue weighted by Crippen LogP contribution is -2.19. The lowest BCUT2D eigenvalue weighted by atomic mass is 9.77. The average molecular weight is 364 g/mol. The second kappa shape index (κ2) is 6.58. The fourth-order valence-electron chi connectivity index (χ4n) is 4.02. The van der Waals surface area contributed by atoms with E-state index in [4.69, 9.17) is 14.2 Å². The molecule has 27 heavy (non-hydrogen) atoms. The van der Waals surface area contributed by atoms with Gasteiger partial charge < -0.3 is 14.2 Å². The van der Waals surface area contributed by atoms with Crippen LogP contribution in [0.5, 0.6) is 17.2 Å². The van der Waals surface area contributed by atoms with E-state index in [0.717, 1.165) is 34.4 Å². The summed E-state index contributed by atoms with van der Waals surface area (Å²) in [4.78, 5) is 25.3. The molecular formula is C22H20O5. The van der Waals surface area contributed by atoms with Gasteiger partial charge in [0.1, 0.15) is 17.2 Å². The van der Waals surface area contributed by atoms with Crippen molar-refractivity contribution in [3.05, 3.63) is 52.6 Å². The van der Waals surface area contributed by atoms with Gasteiger partial charge in [0.25, 0.3) is 0 Å². The Morgan fingerprint density at radius 2 is 1.44 bits per heavy atom. The van der Waals surface area contributed by atoms with E-state index in [0.29, 0.717) is 35.7 Å². The van der Waals surface area contributed by atoms with Gasteiger partial charge in [0, 0.05) is 33.4 Å². The Hall–Kier alpha value is -3.08. The third kappa shape index (κ3) is 2.53. The summed E-state index contributed by atoms with van der Waals surface area (Å²) in [5, 5.41) is 0. The van der Waals surface area contributed by atoms with Gasteiger partial charge in [-0.15, -0.1) is 0 Å². The molecule has 5 heteroatoms. The highest BCUT2D eigenvalue weighted by Gasteiger charge is 2.34. The first-order chi connectivity index (χ1) is 13.1. The first-order valence-electron chi connectivity index (χ1n) is 8.94. The maximum absolute atomic E-state index is 12.8. The van der Waals surface area contributed by atoms with Crippen LogP contribution >= 0.6 is 0 Å². The van der Waals surface area contributed by atoms with Crippen molar-refractivity contribution >= 4 is 11.6 Å². The minimum Gasteiger partial charge on any atom is -0.496 e. The van der Waals surface area contributed by atoms with Gasteiger partial charge in [-0.25, -0.2) is 0 Å². The summed E-state index contributed by atoms with van der Waals surface area (Å²) in [6.07, 6.45) is 4.09. The molecule has 0 heterocycles. The van der Waals surface area contributed by atoms with Gasteiger partial charge in [0.15, 0.2) is 11.6 Å². The number of methoxy groups -OCH3 is 2. The molecule has 0 aromatic heterocycles. The monoisotopic (exact) mass is 364 g/mol. The van der Waals surface area contributed by atoms with Crippen LogP contribution in [0, 0.1) is 0 Å². The fraction of sp³-hybridized carbons (Fsp3) is 0.273. The van der Waals surface area contributed by atoms with Crippen LogP contribution < -0.4 is 14.2 Å². The standard InChI is InChI=1S/C22H20O5/c1-4-27-19-11-14-15(23)7-8-16(24)20(14)22-13(19)6-5-12-17(25-2)9-10-18(26-3)21(12)22/h7-11H,4-6H2,1-3H3. The molecule has 0 N–H and O–H groups in total. The van der Waals surface area contributed by atoms with E-state index in [1.807, 2.05) is 19.1 Å². The zero-order valence-corrected chi connectivity index (χ0v) is 15.5. The Morgan fingerprint density at radius 1 is 0.815 bits per heavy atom. The van der Waals surface area contributed by atoms with E-state index in [9.17, 15) is 9.59 Å². The Morgan fingerprint density at radius 3 is 2.11 bits per heavy atom. The van der Waals surface area contributed by atoms with Crippen LogP contribution in [0.25, 0.3) is 11.1 Å². The molecule has 0 bridgehead atoms. The zero-order chi connectivity index (χ0) is 19.1. The van der Waals surface area contributed by atoms with Crippen molar-refractivity contribution in [3.63, 3.8) is 0 Å². The number of carbonyl (C=O) groups is 2. The Balaban J connectivity index is 2.14. The van der Waals surface area contributed by atoms with Gasteiger partial charge in [-0.3, -0.25) is 9.59 Å². The SMILES string of the molecule is CCOc1cc2c(c3c1CCc1c(OC)ccc(OC)c1-3)C(=O)C=CC2=O. The number of fused-ring (bicyclic) bond motifs is 5. The van der Waals surface area contributed by atoms with E-state index in [1.165, 1.54) is 12.2 Å². The number of ketones is 2. The highest BCUT2D eigenvalue weighted by atomic mass is 16.5. The van der Waals surface area contributed by atoms with Gasteiger partial charge in [0.05, 0.1) is 20.8 Å². The van der Waals surface area contributed by atoms with E-state index >= 15 is 0 Å². The van der Waals surface area contributed by atoms with E-state index in [-0.39, 0.29) is 11.6 Å². The van der Waals surface area contributed by atoms with Crippen molar-refractivity contribution in [2.75, 3.05) is 20.8 Å². The molecule has 5 nitrogen and oxygen atoms in total. The normalized spacial score (nSPS) is 14.3. The lowest BCUT2D eigenvalue weighted by Gasteiger charge is -2.29. The van der Waals surface area contributed by atoms with Crippen molar-refractivity contribution in [2.45, 2.75) is 19.8 Å². The van der Waals surface area contributed by atoms with Crippen LogP contribution in [0.2, 0.25) is 0 Å². The summed E-state index contributed by atoms with van der Waals surface area (Å²) in [5.74, 6) is 1.68. The van der Waals surface area contributed by atoms with E-state index in [1.54, 1.807) is 20.3 Å². The van der Waals surface area contributed by atoms with Crippen molar-refractivity contribution < 1.29 is 23.8 Å². The molecule has 0 spiro atoms. The van der Waals surface area contributed by atoms with Gasteiger partial charge in [0.2, 0.25) is 0 Å². The van der Waals surface area contributed by atoms with Gasteiger partial charge in [-0.1, -0.05) is 0 Å². The molecule has 0 unspecified atom stereocenters. The lowest BCUT2D eigenvalue weighted by molar-refractivity contribution is 0.0994. The van der Waals surface area contributed by atoms with Crippen LogP contribution in [0.1, 0.15) is 38.8 Å². The first kappa shape index (κ1) is 17.3. The summed E-state index contributed by atoms with van der Waals surface area (Å²) in [6.45, 7) is 2.38. The quantitative estimate of drug-likeness (QED) is 0.826. The van der Waals surface area contributed by atoms with Crippen LogP contribution in [0.15, 0.2) is 30.4 Å². The Labute approximate surface area is 157 Å². The minimum atomic E-state index is -0.192. The molecule has 0 radical (unpaired) electrons. The molecule has 0 saturated heterocycles. The van der Waals surface area contributed by atoms with Gasteiger partial charge >= 0.3 is 0 Å². The molecule has 0 atom stereocenters. The average Bonchev–Trinajstić information content (AvgIpc) is 2.69. The van der Waals surface area contributed by atoms with Crippen LogP contribution in [-0.2, 0) is 12.8 Å². The first-order valence-corrected chi connectivity index (χ1v) is 8.94. The number of hydrogen-bond acceptors (Lipinski definition) is 5. The molecule has 2 aromatic carbocycles. The van der Waals surface area contributed by atoms with E-state index < -0.39 is 0 Å². The molecule has 0 amide bonds. The molecule has 0 aliphatic heterocycles. The fourth-order valence-corrected chi connectivity index (χ4v) is 4.02. The molecular weight excluding hydrogens is 344 g/mol. The van der Waals surface area contributed by atoms with Crippen LogP contribution in [0.4, 0.5) is 0 Å². The van der Waals surface area contributed by atoms with Gasteiger partial charge in [-0.2, -0.15) is 0 Å². The van der Waals surface area contributed by atoms with Gasteiger partial charge in [-0.05, 0) is 50.1 Å². The van der Waals surface area contributed by atoms with Crippen molar-refractivity contribution in [1.82, 2.24) is 0 Å². The number of benzene rings is 2. The maximum Gasteiger partial charge on any atom is 0.187 e. The van der Waals surface area contributed by atoms with E-state index in [2.05, 4.69) is 0 Å². The predicted octanol–water partition coefficient (Wildman–Crippen LogP) is 3.80. The summed E-state index contributed by atoms with van der Waals surface area (Å²) in [5.41, 5.74) is 4.26. The predicted molar refractivity (Wildman–Crippen MR) is 101 cm³/mol. The maximum atomic E-state index is 12.8. The summed E-state index contributed by atoms with van der Waals surface area (Å²) in [6, 6.07) is 5.41. The number of hydrogen-bond donors (Lipinski definition) is 0. The Kier molecular flexibility index (Phi) is 4.22. The molecule has 138 valence electrons. The summed E-state index contributed by atoms with van der Waals surface area (Å²) < 4.78 is 17.0. The second-order valence-electron chi connectivity index (χ2n) is 6.47. The zero-order valence-electron chi connectivity index (χ0n) is 15.5. The highest BCUT2D eigenvalue weighted by molar-refractivity contribution is 6.25. The smallest absolute Gasteiger partial charge is 0.187 e. The summed E-state index contributed by atoms with van der Waals surface area (Å²) >= 11 is 0. The largest absolute Gasteiger partial charge is 0.496 e. The van der Waals surface area contributed by atoms with Crippen molar-refractivity contribution in [1.29, 1.82) is 0 Å². The molecule has 0 saturated carbocycles. The third-order valence-corrected chi connectivity index (χ3v) is 5.14. The topological polar surface area (TPSA) is 61.8 Å². The number of allylic oxidation sites excluding steroid dienone is 2. The molecule has 2 aliphatic carbocycles. The summed E-state index contributed by atoms with van der Waals surface area (Å²) in [7, 11) is 3.23. The third-order valence-electron chi connectivity index (χ3n) is 5.14.